The smallest absolute Gasteiger partial charge is 0.354 e. The first kappa shape index (κ1) is 11.8. The molecule has 1 N–H and O–H groups in total. The molecule has 0 bridgehead atoms. The number of carbonyl (C=O) groups is 1. The maximum Gasteiger partial charge on any atom is 0.354 e. The minimum absolute atomic E-state index is 0.183. The van der Waals surface area contributed by atoms with Crippen molar-refractivity contribution in [3.05, 3.63) is 35.7 Å². The molecule has 0 amide bonds. The predicted octanol–water partition coefficient (Wildman–Crippen LogP) is 2.11. The molecule has 98 valence electrons. The van der Waals surface area contributed by atoms with Crippen molar-refractivity contribution in [2.45, 2.75) is 12.8 Å². The summed E-state index contributed by atoms with van der Waals surface area (Å²) in [6.07, 6.45) is 3.54. The van der Waals surface area contributed by atoms with Crippen LogP contribution < -0.4 is 4.74 Å². The molecule has 5 heteroatoms. The molecule has 0 spiro atoms. The van der Waals surface area contributed by atoms with E-state index in [0.29, 0.717) is 12.2 Å². The summed E-state index contributed by atoms with van der Waals surface area (Å²) in [5.41, 5.74) is 2.72. The maximum absolute atomic E-state index is 11.3. The number of hydrogen-bond donors (Lipinski definition) is 1. The number of aromatic nitrogens is 2. The van der Waals surface area contributed by atoms with Gasteiger partial charge in [-0.05, 0) is 18.4 Å². The summed E-state index contributed by atoms with van der Waals surface area (Å²) in [4.78, 5) is 11.3. The van der Waals surface area contributed by atoms with Crippen LogP contribution in [0.3, 0.4) is 0 Å². The Morgan fingerprint density at radius 2 is 2.26 bits per heavy atom. The van der Waals surface area contributed by atoms with Gasteiger partial charge in [-0.1, -0.05) is 18.2 Å². The molecule has 1 aromatic heterocycles. The Labute approximate surface area is 110 Å². The molecule has 0 fully saturated rings. The Balaban J connectivity index is 2.20. The van der Waals surface area contributed by atoms with E-state index in [9.17, 15) is 9.90 Å². The van der Waals surface area contributed by atoms with E-state index in [1.165, 1.54) is 4.68 Å². The summed E-state index contributed by atoms with van der Waals surface area (Å²) in [7, 11) is 1.63. The lowest BCUT2D eigenvalue weighted by Gasteiger charge is -2.20. The molecule has 0 aliphatic carbocycles. The van der Waals surface area contributed by atoms with Crippen molar-refractivity contribution < 1.29 is 14.6 Å². The molecule has 1 aliphatic heterocycles. The van der Waals surface area contributed by atoms with Crippen LogP contribution in [0.5, 0.6) is 5.75 Å². The molecule has 3 rings (SSSR count). The molecular weight excluding hydrogens is 244 g/mol. The van der Waals surface area contributed by atoms with Gasteiger partial charge >= 0.3 is 5.97 Å². The van der Waals surface area contributed by atoms with Crippen LogP contribution in [0.1, 0.15) is 22.5 Å². The quantitative estimate of drug-likeness (QED) is 0.896. The number of fused-ring (bicyclic) bond motifs is 1. The van der Waals surface area contributed by atoms with Crippen molar-refractivity contribution in [1.82, 2.24) is 9.78 Å². The van der Waals surface area contributed by atoms with Gasteiger partial charge in [0.05, 0.1) is 12.8 Å². The van der Waals surface area contributed by atoms with E-state index in [-0.39, 0.29) is 5.69 Å². The number of aryl methyl sites for hydroxylation is 2. The molecule has 2 aromatic rings. The van der Waals surface area contributed by atoms with Crippen molar-refractivity contribution in [3.63, 3.8) is 0 Å². The van der Waals surface area contributed by atoms with Crippen LogP contribution in [0.15, 0.2) is 24.4 Å². The Hall–Kier alpha value is -2.30. The number of rotatable bonds is 2. The van der Waals surface area contributed by atoms with Crippen LogP contribution >= 0.6 is 0 Å². The van der Waals surface area contributed by atoms with Crippen LogP contribution in [-0.4, -0.2) is 27.5 Å². The molecule has 5 nitrogen and oxygen atoms in total. The van der Waals surface area contributed by atoms with Gasteiger partial charge in [0.15, 0.2) is 5.69 Å². The summed E-state index contributed by atoms with van der Waals surface area (Å²) in [6.45, 7) is 0.673. The highest BCUT2D eigenvalue weighted by atomic mass is 16.5. The topological polar surface area (TPSA) is 64.4 Å². The van der Waals surface area contributed by atoms with Crippen LogP contribution in [0.2, 0.25) is 0 Å². The summed E-state index contributed by atoms with van der Waals surface area (Å²) in [6, 6.07) is 5.84. The Bertz CT molecular complexity index is 646. The highest BCUT2D eigenvalue weighted by molar-refractivity contribution is 5.95. The lowest BCUT2D eigenvalue weighted by atomic mass is 9.98. The number of hydrogen-bond acceptors (Lipinski definition) is 3. The van der Waals surface area contributed by atoms with E-state index in [1.54, 1.807) is 13.2 Å². The first-order chi connectivity index (χ1) is 9.18. The van der Waals surface area contributed by atoms with Crippen LogP contribution in [-0.2, 0) is 13.5 Å². The van der Waals surface area contributed by atoms with Crippen molar-refractivity contribution in [2.24, 2.45) is 7.05 Å². The molecule has 19 heavy (non-hydrogen) atoms. The van der Waals surface area contributed by atoms with Crippen molar-refractivity contribution in [2.75, 3.05) is 6.61 Å². The molecule has 0 atom stereocenters. The minimum Gasteiger partial charge on any atom is -0.493 e. The number of nitrogens with zero attached hydrogens (tertiary/aromatic N) is 2. The number of benzene rings is 1. The number of carboxylic acid groups (broad SMARTS) is 1. The Morgan fingerprint density at radius 1 is 1.42 bits per heavy atom. The molecule has 1 aliphatic rings. The molecule has 0 radical (unpaired) electrons. The van der Waals surface area contributed by atoms with Crippen LogP contribution in [0.25, 0.3) is 11.1 Å². The Kier molecular flexibility index (Phi) is 2.74. The lowest BCUT2D eigenvalue weighted by Crippen LogP contribution is -2.10. The van der Waals surface area contributed by atoms with E-state index >= 15 is 0 Å². The fourth-order valence-corrected chi connectivity index (χ4v) is 2.49. The molecular formula is C14H14N2O3. The third kappa shape index (κ3) is 1.87. The summed E-state index contributed by atoms with van der Waals surface area (Å²) < 4.78 is 7.10. The third-order valence-corrected chi connectivity index (χ3v) is 3.36. The van der Waals surface area contributed by atoms with Gasteiger partial charge < -0.3 is 9.84 Å². The number of aromatic carboxylic acids is 1. The highest BCUT2D eigenvalue weighted by Gasteiger charge is 2.22. The molecule has 0 saturated heterocycles. The van der Waals surface area contributed by atoms with Crippen molar-refractivity contribution >= 4 is 5.97 Å². The zero-order valence-electron chi connectivity index (χ0n) is 10.6. The average molecular weight is 258 g/mol. The second-order valence-corrected chi connectivity index (χ2v) is 4.58. The summed E-state index contributed by atoms with van der Waals surface area (Å²) in [5, 5.41) is 13.3. The van der Waals surface area contributed by atoms with Gasteiger partial charge in [0.2, 0.25) is 0 Å². The first-order valence-electron chi connectivity index (χ1n) is 6.19. The fourth-order valence-electron chi connectivity index (χ4n) is 2.49. The predicted molar refractivity (Wildman–Crippen MR) is 69.4 cm³/mol. The molecule has 0 saturated carbocycles. The zero-order valence-corrected chi connectivity index (χ0v) is 10.6. The van der Waals surface area contributed by atoms with Gasteiger partial charge in [0.1, 0.15) is 5.75 Å². The van der Waals surface area contributed by atoms with Gasteiger partial charge in [-0.2, -0.15) is 5.10 Å². The highest BCUT2D eigenvalue weighted by Crippen LogP contribution is 2.37. The summed E-state index contributed by atoms with van der Waals surface area (Å²) in [5.74, 6) is -0.187. The number of carboxylic acids is 1. The van der Waals surface area contributed by atoms with E-state index in [0.717, 1.165) is 29.7 Å². The van der Waals surface area contributed by atoms with E-state index in [1.807, 2.05) is 18.2 Å². The zero-order chi connectivity index (χ0) is 13.4. The first-order valence-corrected chi connectivity index (χ1v) is 6.19. The van der Waals surface area contributed by atoms with Gasteiger partial charge in [-0.3, -0.25) is 4.68 Å². The van der Waals surface area contributed by atoms with Crippen molar-refractivity contribution in [1.29, 1.82) is 0 Å². The second kappa shape index (κ2) is 4.42. The lowest BCUT2D eigenvalue weighted by molar-refractivity contribution is 0.0686. The minimum atomic E-state index is -0.983. The SMILES string of the molecule is Cn1ncc(-c2cccc3c2OCCC3)c1C(=O)O. The molecule has 0 unspecified atom stereocenters. The van der Waals surface area contributed by atoms with E-state index in [2.05, 4.69) is 5.10 Å². The normalized spacial score (nSPS) is 13.7. The second-order valence-electron chi connectivity index (χ2n) is 4.58. The van der Waals surface area contributed by atoms with Crippen molar-refractivity contribution in [3.8, 4) is 16.9 Å². The van der Waals surface area contributed by atoms with Gasteiger partial charge in [0, 0.05) is 18.2 Å². The van der Waals surface area contributed by atoms with Crippen LogP contribution in [0.4, 0.5) is 0 Å². The standard InChI is InChI=1S/C14H14N2O3/c1-16-12(14(17)18)11(8-15-16)10-6-2-4-9-5-3-7-19-13(9)10/h2,4,6,8H,3,5,7H2,1H3,(H,17,18). The third-order valence-electron chi connectivity index (χ3n) is 3.36. The van der Waals surface area contributed by atoms with E-state index in [4.69, 9.17) is 4.74 Å². The maximum atomic E-state index is 11.3. The number of para-hydroxylation sites is 1. The van der Waals surface area contributed by atoms with Gasteiger partial charge in [-0.25, -0.2) is 4.79 Å². The molecule has 1 aromatic carbocycles. The monoisotopic (exact) mass is 258 g/mol. The van der Waals surface area contributed by atoms with Gasteiger partial charge in [0.25, 0.3) is 0 Å². The molecule has 2 heterocycles. The average Bonchev–Trinajstić information content (AvgIpc) is 2.80. The fraction of sp³-hybridized carbons (Fsp3) is 0.286. The largest absolute Gasteiger partial charge is 0.493 e. The van der Waals surface area contributed by atoms with Crippen LogP contribution in [0, 0.1) is 0 Å². The summed E-state index contributed by atoms with van der Waals surface area (Å²) >= 11 is 0. The number of ether oxygens (including phenoxy) is 1. The Morgan fingerprint density at radius 3 is 3.05 bits per heavy atom. The van der Waals surface area contributed by atoms with E-state index < -0.39 is 5.97 Å². The van der Waals surface area contributed by atoms with Gasteiger partial charge in [-0.15, -0.1) is 0 Å².